The van der Waals surface area contributed by atoms with Crippen LogP contribution in [0.15, 0.2) is 11.6 Å². The highest BCUT2D eigenvalue weighted by atomic mass is 32.2. The Balaban J connectivity index is 1.99. The molecule has 1 aromatic rings. The zero-order valence-electron chi connectivity index (χ0n) is 10.1. The number of hydrogen-bond donors (Lipinski definition) is 2. The van der Waals surface area contributed by atoms with Crippen LogP contribution in [0.4, 0.5) is 0 Å². The van der Waals surface area contributed by atoms with Crippen LogP contribution < -0.4 is 5.32 Å². The van der Waals surface area contributed by atoms with E-state index in [2.05, 4.69) is 10.3 Å². The second kappa shape index (κ2) is 7.16. The highest BCUT2D eigenvalue weighted by Gasteiger charge is 2.27. The van der Waals surface area contributed by atoms with Crippen LogP contribution in [0.3, 0.4) is 0 Å². The molecule has 5 nitrogen and oxygen atoms in total. The number of thioether (sulfide) groups is 2. The normalized spacial score (nSPS) is 17.9. The molecule has 104 valence electrons. The minimum Gasteiger partial charge on any atom is -0.481 e. The highest BCUT2D eigenvalue weighted by molar-refractivity contribution is 8.18. The van der Waals surface area contributed by atoms with Crippen molar-refractivity contribution >= 4 is 46.7 Å². The van der Waals surface area contributed by atoms with Gasteiger partial charge in [-0.05, 0) is 17.9 Å². The Bertz CT molecular complexity index is 432. The molecule has 0 saturated carbocycles. The number of carbonyl (C=O) groups is 2. The Morgan fingerprint density at radius 1 is 1.47 bits per heavy atom. The van der Waals surface area contributed by atoms with Crippen LogP contribution in [-0.2, 0) is 9.59 Å². The Morgan fingerprint density at radius 3 is 2.79 bits per heavy atom. The van der Waals surface area contributed by atoms with E-state index in [1.165, 1.54) is 11.3 Å². The average Bonchev–Trinajstić information content (AvgIpc) is 2.92. The molecule has 2 N–H and O–H groups in total. The SMILES string of the molecule is O=C(O)CC(NC(=O)C1SCCCS1)c1nccs1. The first-order valence-corrected chi connectivity index (χ1v) is 8.79. The van der Waals surface area contributed by atoms with Gasteiger partial charge in [-0.25, -0.2) is 4.98 Å². The van der Waals surface area contributed by atoms with Crippen molar-refractivity contribution in [3.05, 3.63) is 16.6 Å². The van der Waals surface area contributed by atoms with Crippen molar-refractivity contribution in [3.63, 3.8) is 0 Å². The van der Waals surface area contributed by atoms with Gasteiger partial charge in [0.15, 0.2) is 0 Å². The zero-order chi connectivity index (χ0) is 13.7. The monoisotopic (exact) mass is 318 g/mol. The van der Waals surface area contributed by atoms with Gasteiger partial charge in [0.1, 0.15) is 9.59 Å². The fourth-order valence-electron chi connectivity index (χ4n) is 1.66. The summed E-state index contributed by atoms with van der Waals surface area (Å²) in [7, 11) is 0. The third-order valence-corrected chi connectivity index (χ3v) is 6.27. The van der Waals surface area contributed by atoms with Gasteiger partial charge in [-0.2, -0.15) is 0 Å². The average molecular weight is 318 g/mol. The summed E-state index contributed by atoms with van der Waals surface area (Å²) < 4.78 is -0.134. The Kier molecular flexibility index (Phi) is 5.53. The number of carbonyl (C=O) groups excluding carboxylic acids is 1. The minimum atomic E-state index is -0.940. The van der Waals surface area contributed by atoms with Crippen LogP contribution >= 0.6 is 34.9 Å². The number of nitrogens with zero attached hydrogens (tertiary/aromatic N) is 1. The molecule has 0 aromatic carbocycles. The number of nitrogens with one attached hydrogen (secondary N) is 1. The summed E-state index contributed by atoms with van der Waals surface area (Å²) in [4.78, 5) is 27.1. The second-order valence-corrected chi connectivity index (χ2v) is 7.61. The molecule has 1 amide bonds. The van der Waals surface area contributed by atoms with Gasteiger partial charge in [0.05, 0.1) is 12.5 Å². The maximum absolute atomic E-state index is 12.1. The Morgan fingerprint density at radius 2 is 2.21 bits per heavy atom. The number of thiazole rings is 1. The fourth-order valence-corrected chi connectivity index (χ4v) is 4.98. The predicted octanol–water partition coefficient (Wildman–Crippen LogP) is 1.97. The lowest BCUT2D eigenvalue weighted by molar-refractivity contribution is -0.137. The van der Waals surface area contributed by atoms with Crippen LogP contribution in [0.2, 0.25) is 0 Å². The molecular formula is C11H14N2O3S3. The fraction of sp³-hybridized carbons (Fsp3) is 0.545. The van der Waals surface area contributed by atoms with Crippen LogP contribution in [0.1, 0.15) is 23.9 Å². The Hall–Kier alpha value is -0.730. The molecule has 1 saturated heterocycles. The van der Waals surface area contributed by atoms with Crippen LogP contribution in [-0.4, -0.2) is 38.1 Å². The van der Waals surface area contributed by atoms with Gasteiger partial charge in [0.25, 0.3) is 0 Å². The van der Waals surface area contributed by atoms with Crippen molar-refractivity contribution in [2.75, 3.05) is 11.5 Å². The minimum absolute atomic E-state index is 0.101. The number of hydrogen-bond acceptors (Lipinski definition) is 6. The number of aliphatic carboxylic acids is 1. The van der Waals surface area contributed by atoms with Crippen LogP contribution in [0.5, 0.6) is 0 Å². The third kappa shape index (κ3) is 4.39. The molecule has 1 aliphatic heterocycles. The molecule has 1 aromatic heterocycles. The van der Waals surface area contributed by atoms with Crippen molar-refractivity contribution in [2.45, 2.75) is 23.5 Å². The highest BCUT2D eigenvalue weighted by Crippen LogP contribution is 2.31. The van der Waals surface area contributed by atoms with E-state index in [1.54, 1.807) is 35.1 Å². The van der Waals surface area contributed by atoms with Crippen molar-refractivity contribution in [2.24, 2.45) is 0 Å². The lowest BCUT2D eigenvalue weighted by Gasteiger charge is -2.22. The van der Waals surface area contributed by atoms with E-state index in [4.69, 9.17) is 5.11 Å². The smallest absolute Gasteiger partial charge is 0.305 e. The van der Waals surface area contributed by atoms with Crippen LogP contribution in [0.25, 0.3) is 0 Å². The largest absolute Gasteiger partial charge is 0.481 e. The number of amides is 1. The number of aromatic nitrogens is 1. The van der Waals surface area contributed by atoms with Crippen molar-refractivity contribution in [1.82, 2.24) is 10.3 Å². The maximum atomic E-state index is 12.1. The topological polar surface area (TPSA) is 79.3 Å². The van der Waals surface area contributed by atoms with E-state index in [1.807, 2.05) is 0 Å². The molecule has 0 bridgehead atoms. The molecule has 0 spiro atoms. The van der Waals surface area contributed by atoms with E-state index >= 15 is 0 Å². The first-order valence-electron chi connectivity index (χ1n) is 5.81. The molecule has 1 aliphatic rings. The summed E-state index contributed by atoms with van der Waals surface area (Å²) in [6, 6.07) is -0.534. The summed E-state index contributed by atoms with van der Waals surface area (Å²) in [5.74, 6) is 0.915. The zero-order valence-corrected chi connectivity index (χ0v) is 12.5. The summed E-state index contributed by atoms with van der Waals surface area (Å²) in [6.45, 7) is 0. The molecular weight excluding hydrogens is 304 g/mol. The van der Waals surface area contributed by atoms with Gasteiger partial charge in [0.2, 0.25) is 5.91 Å². The number of rotatable bonds is 5. The van der Waals surface area contributed by atoms with Gasteiger partial charge >= 0.3 is 5.97 Å². The predicted molar refractivity (Wildman–Crippen MR) is 78.6 cm³/mol. The van der Waals surface area contributed by atoms with Crippen molar-refractivity contribution in [3.8, 4) is 0 Å². The molecule has 1 fully saturated rings. The standard InChI is InChI=1S/C11H14N2O3S3/c14-8(15)6-7(10-12-2-5-17-10)13-9(16)11-18-3-1-4-19-11/h2,5,7,11H,1,3-4,6H2,(H,13,16)(H,14,15). The van der Waals surface area contributed by atoms with Gasteiger partial charge < -0.3 is 10.4 Å². The molecule has 0 radical (unpaired) electrons. The van der Waals surface area contributed by atoms with Gasteiger partial charge in [-0.15, -0.1) is 34.9 Å². The van der Waals surface area contributed by atoms with Gasteiger partial charge in [0, 0.05) is 11.6 Å². The van der Waals surface area contributed by atoms with E-state index in [9.17, 15) is 9.59 Å². The van der Waals surface area contributed by atoms with Crippen molar-refractivity contribution < 1.29 is 14.7 Å². The molecule has 19 heavy (non-hydrogen) atoms. The maximum Gasteiger partial charge on any atom is 0.305 e. The van der Waals surface area contributed by atoms with Crippen LogP contribution in [0, 0.1) is 0 Å². The number of carboxylic acid groups (broad SMARTS) is 1. The summed E-state index contributed by atoms with van der Waals surface area (Å²) in [5, 5.41) is 14.1. The lowest BCUT2D eigenvalue weighted by atomic mass is 10.2. The molecule has 0 aliphatic carbocycles. The third-order valence-electron chi connectivity index (χ3n) is 2.49. The first kappa shape index (κ1) is 14.7. The van der Waals surface area contributed by atoms with Gasteiger partial charge in [-0.3, -0.25) is 9.59 Å². The quantitative estimate of drug-likeness (QED) is 0.864. The molecule has 8 heteroatoms. The molecule has 1 atom stereocenters. The van der Waals surface area contributed by atoms with Gasteiger partial charge in [-0.1, -0.05) is 0 Å². The molecule has 2 rings (SSSR count). The van der Waals surface area contributed by atoms with E-state index in [0.29, 0.717) is 5.01 Å². The summed E-state index contributed by atoms with van der Waals surface area (Å²) in [6.07, 6.45) is 2.59. The van der Waals surface area contributed by atoms with E-state index in [-0.39, 0.29) is 16.9 Å². The van der Waals surface area contributed by atoms with E-state index in [0.717, 1.165) is 17.9 Å². The van der Waals surface area contributed by atoms with E-state index < -0.39 is 12.0 Å². The summed E-state index contributed by atoms with van der Waals surface area (Å²) >= 11 is 4.59. The molecule has 1 unspecified atom stereocenters. The Labute approximate surface area is 123 Å². The lowest BCUT2D eigenvalue weighted by Crippen LogP contribution is -2.36. The molecule has 2 heterocycles. The number of carboxylic acids is 1. The summed E-state index contributed by atoms with van der Waals surface area (Å²) in [5.41, 5.74) is 0. The van der Waals surface area contributed by atoms with Crippen molar-refractivity contribution in [1.29, 1.82) is 0 Å². The first-order chi connectivity index (χ1) is 9.16. The second-order valence-electron chi connectivity index (χ2n) is 3.96.